The van der Waals surface area contributed by atoms with E-state index in [2.05, 4.69) is 5.32 Å². The molecular formula is C15H19NO2. The summed E-state index contributed by atoms with van der Waals surface area (Å²) in [4.78, 5) is 11.7. The molecule has 96 valence electrons. The number of hydrogen-bond donors (Lipinski definition) is 1. The van der Waals surface area contributed by atoms with Gasteiger partial charge in [-0.3, -0.25) is 4.79 Å². The largest absolute Gasteiger partial charge is 0.496 e. The van der Waals surface area contributed by atoms with Crippen LogP contribution in [0.5, 0.6) is 5.75 Å². The van der Waals surface area contributed by atoms with Crippen molar-refractivity contribution in [2.45, 2.75) is 31.7 Å². The first kappa shape index (κ1) is 12.7. The van der Waals surface area contributed by atoms with Gasteiger partial charge in [0.15, 0.2) is 0 Å². The molecule has 3 nitrogen and oxygen atoms in total. The molecule has 0 saturated heterocycles. The minimum absolute atomic E-state index is 0.0205. The number of benzene rings is 1. The molecule has 1 aliphatic rings. The normalized spacial score (nSPS) is 16.1. The summed E-state index contributed by atoms with van der Waals surface area (Å²) in [7, 11) is 1.63. The summed E-state index contributed by atoms with van der Waals surface area (Å²) < 4.78 is 5.23. The lowest BCUT2D eigenvalue weighted by Gasteiger charge is -2.09. The monoisotopic (exact) mass is 245 g/mol. The van der Waals surface area contributed by atoms with Gasteiger partial charge in [0.1, 0.15) is 5.75 Å². The molecule has 0 bridgehead atoms. The van der Waals surface area contributed by atoms with Crippen LogP contribution in [-0.2, 0) is 4.79 Å². The average molecular weight is 245 g/mol. The van der Waals surface area contributed by atoms with Gasteiger partial charge < -0.3 is 10.1 Å². The van der Waals surface area contributed by atoms with Crippen LogP contribution in [-0.4, -0.2) is 19.1 Å². The number of methoxy groups -OCH3 is 1. The van der Waals surface area contributed by atoms with E-state index in [0.29, 0.717) is 6.04 Å². The van der Waals surface area contributed by atoms with Crippen molar-refractivity contribution in [3.63, 3.8) is 0 Å². The molecule has 0 atom stereocenters. The van der Waals surface area contributed by atoms with Crippen molar-refractivity contribution in [3.8, 4) is 5.75 Å². The van der Waals surface area contributed by atoms with Crippen LogP contribution in [0.15, 0.2) is 30.3 Å². The maximum atomic E-state index is 11.7. The lowest BCUT2D eigenvalue weighted by atomic mass is 10.2. The van der Waals surface area contributed by atoms with Gasteiger partial charge in [-0.2, -0.15) is 0 Å². The van der Waals surface area contributed by atoms with E-state index in [9.17, 15) is 4.79 Å². The summed E-state index contributed by atoms with van der Waals surface area (Å²) >= 11 is 0. The van der Waals surface area contributed by atoms with E-state index in [1.54, 1.807) is 19.3 Å². The highest BCUT2D eigenvalue weighted by molar-refractivity contribution is 5.92. The number of nitrogens with one attached hydrogen (secondary N) is 1. The van der Waals surface area contributed by atoms with E-state index >= 15 is 0 Å². The number of rotatable bonds is 4. The molecule has 1 aliphatic carbocycles. The fourth-order valence-corrected chi connectivity index (χ4v) is 2.29. The van der Waals surface area contributed by atoms with Gasteiger partial charge in [-0.05, 0) is 25.0 Å². The first-order valence-corrected chi connectivity index (χ1v) is 6.41. The van der Waals surface area contributed by atoms with E-state index in [1.165, 1.54) is 12.8 Å². The van der Waals surface area contributed by atoms with Crippen LogP contribution in [0.2, 0.25) is 0 Å². The molecule has 0 unspecified atom stereocenters. The van der Waals surface area contributed by atoms with Gasteiger partial charge in [-0.25, -0.2) is 0 Å². The fourth-order valence-electron chi connectivity index (χ4n) is 2.29. The molecule has 0 aromatic heterocycles. The molecule has 1 amide bonds. The van der Waals surface area contributed by atoms with E-state index in [-0.39, 0.29) is 5.91 Å². The van der Waals surface area contributed by atoms with Crippen LogP contribution in [0.25, 0.3) is 6.08 Å². The molecular weight excluding hydrogens is 226 g/mol. The minimum Gasteiger partial charge on any atom is -0.496 e. The summed E-state index contributed by atoms with van der Waals surface area (Å²) in [5.74, 6) is 0.759. The number of para-hydroxylation sites is 1. The smallest absolute Gasteiger partial charge is 0.244 e. The Kier molecular flexibility index (Phi) is 4.40. The molecule has 0 heterocycles. The quantitative estimate of drug-likeness (QED) is 0.828. The highest BCUT2D eigenvalue weighted by Crippen LogP contribution is 2.19. The maximum absolute atomic E-state index is 11.7. The third-order valence-corrected chi connectivity index (χ3v) is 3.25. The third kappa shape index (κ3) is 3.36. The van der Waals surface area contributed by atoms with Gasteiger partial charge in [-0.1, -0.05) is 31.0 Å². The van der Waals surface area contributed by atoms with E-state index in [1.807, 2.05) is 24.3 Å². The molecule has 1 fully saturated rings. The number of carbonyl (C=O) groups is 1. The highest BCUT2D eigenvalue weighted by atomic mass is 16.5. The zero-order valence-electron chi connectivity index (χ0n) is 10.7. The Hall–Kier alpha value is -1.77. The molecule has 1 aromatic carbocycles. The second kappa shape index (κ2) is 6.24. The van der Waals surface area contributed by atoms with Gasteiger partial charge in [0.25, 0.3) is 0 Å². The topological polar surface area (TPSA) is 38.3 Å². The summed E-state index contributed by atoms with van der Waals surface area (Å²) in [6.45, 7) is 0. The molecule has 0 aliphatic heterocycles. The molecule has 0 spiro atoms. The van der Waals surface area contributed by atoms with Gasteiger partial charge in [0.2, 0.25) is 5.91 Å². The van der Waals surface area contributed by atoms with Gasteiger partial charge in [0.05, 0.1) is 7.11 Å². The van der Waals surface area contributed by atoms with Gasteiger partial charge in [-0.15, -0.1) is 0 Å². The Morgan fingerprint density at radius 1 is 1.33 bits per heavy atom. The number of hydrogen-bond acceptors (Lipinski definition) is 2. The van der Waals surface area contributed by atoms with Crippen molar-refractivity contribution in [3.05, 3.63) is 35.9 Å². The van der Waals surface area contributed by atoms with Crippen molar-refractivity contribution in [1.29, 1.82) is 0 Å². The zero-order chi connectivity index (χ0) is 12.8. The van der Waals surface area contributed by atoms with Crippen LogP contribution < -0.4 is 10.1 Å². The Morgan fingerprint density at radius 2 is 2.06 bits per heavy atom. The first-order valence-electron chi connectivity index (χ1n) is 6.41. The molecule has 0 radical (unpaired) electrons. The van der Waals surface area contributed by atoms with Crippen LogP contribution >= 0.6 is 0 Å². The van der Waals surface area contributed by atoms with Crippen LogP contribution in [0, 0.1) is 0 Å². The predicted molar refractivity (Wildman–Crippen MR) is 72.4 cm³/mol. The standard InChI is InChI=1S/C15H19NO2/c1-18-14-9-5-2-6-12(14)10-11-15(17)16-13-7-3-4-8-13/h2,5-6,9-11,13H,3-4,7-8H2,1H3,(H,16,17)/b11-10+. The molecule has 1 aromatic rings. The summed E-state index contributed by atoms with van der Waals surface area (Å²) in [5, 5.41) is 3.02. The van der Waals surface area contributed by atoms with Crippen LogP contribution in [0.4, 0.5) is 0 Å². The van der Waals surface area contributed by atoms with Crippen molar-refractivity contribution >= 4 is 12.0 Å². The van der Waals surface area contributed by atoms with Gasteiger partial charge >= 0.3 is 0 Å². The van der Waals surface area contributed by atoms with Gasteiger partial charge in [0, 0.05) is 17.7 Å². The summed E-state index contributed by atoms with van der Waals surface area (Å²) in [5.41, 5.74) is 0.918. The lowest BCUT2D eigenvalue weighted by molar-refractivity contribution is -0.117. The molecule has 3 heteroatoms. The molecule has 18 heavy (non-hydrogen) atoms. The SMILES string of the molecule is COc1ccccc1/C=C/C(=O)NC1CCCC1. The number of ether oxygens (including phenoxy) is 1. The van der Waals surface area contributed by atoms with E-state index in [4.69, 9.17) is 4.74 Å². The Labute approximate surface area is 108 Å². The van der Waals surface area contributed by atoms with Crippen molar-refractivity contribution < 1.29 is 9.53 Å². The Balaban J connectivity index is 1.94. The van der Waals surface area contributed by atoms with E-state index in [0.717, 1.165) is 24.2 Å². The summed E-state index contributed by atoms with van der Waals surface area (Å²) in [6.07, 6.45) is 8.03. The third-order valence-electron chi connectivity index (χ3n) is 3.25. The second-order valence-electron chi connectivity index (χ2n) is 4.57. The van der Waals surface area contributed by atoms with Crippen molar-refractivity contribution in [2.75, 3.05) is 7.11 Å². The average Bonchev–Trinajstić information content (AvgIpc) is 2.89. The zero-order valence-corrected chi connectivity index (χ0v) is 10.7. The lowest BCUT2D eigenvalue weighted by Crippen LogP contribution is -2.30. The van der Waals surface area contributed by atoms with Crippen molar-refractivity contribution in [1.82, 2.24) is 5.32 Å². The predicted octanol–water partition coefficient (Wildman–Crippen LogP) is 2.77. The summed E-state index contributed by atoms with van der Waals surface area (Å²) in [6, 6.07) is 8.01. The molecule has 1 saturated carbocycles. The minimum atomic E-state index is -0.0205. The Morgan fingerprint density at radius 3 is 2.78 bits per heavy atom. The molecule has 1 N–H and O–H groups in total. The molecule has 2 rings (SSSR count). The first-order chi connectivity index (χ1) is 8.79. The number of carbonyl (C=O) groups excluding carboxylic acids is 1. The highest BCUT2D eigenvalue weighted by Gasteiger charge is 2.15. The van der Waals surface area contributed by atoms with Crippen LogP contribution in [0.3, 0.4) is 0 Å². The second-order valence-corrected chi connectivity index (χ2v) is 4.57. The Bertz CT molecular complexity index is 434. The maximum Gasteiger partial charge on any atom is 0.244 e. The number of amides is 1. The van der Waals surface area contributed by atoms with Crippen LogP contribution in [0.1, 0.15) is 31.2 Å². The van der Waals surface area contributed by atoms with E-state index < -0.39 is 0 Å². The fraction of sp³-hybridized carbons (Fsp3) is 0.400. The van der Waals surface area contributed by atoms with Crippen molar-refractivity contribution in [2.24, 2.45) is 0 Å².